The fourth-order valence-electron chi connectivity index (χ4n) is 3.47. The summed E-state index contributed by atoms with van der Waals surface area (Å²) >= 11 is 0. The van der Waals surface area contributed by atoms with Gasteiger partial charge in [-0.2, -0.15) is 0 Å². The number of carbonyl (C=O) groups is 1. The summed E-state index contributed by atoms with van der Waals surface area (Å²) in [6, 6.07) is 22.1. The second-order valence-electron chi connectivity index (χ2n) is 6.62. The molecule has 0 aliphatic carbocycles. The maximum absolute atomic E-state index is 11.6. The molecule has 140 valence electrons. The number of aldehydes is 1. The molecule has 1 aliphatic heterocycles. The van der Waals surface area contributed by atoms with Gasteiger partial charge >= 0.3 is 0 Å². The van der Waals surface area contributed by atoms with Crippen LogP contribution in [0.1, 0.15) is 27.6 Å². The highest BCUT2D eigenvalue weighted by Gasteiger charge is 2.26. The fourth-order valence-corrected chi connectivity index (χ4v) is 3.47. The van der Waals surface area contributed by atoms with Crippen LogP contribution in [0.5, 0.6) is 5.75 Å². The molecule has 0 saturated heterocycles. The predicted octanol–water partition coefficient (Wildman–Crippen LogP) is 4.55. The summed E-state index contributed by atoms with van der Waals surface area (Å²) < 4.78 is 6.29. The average Bonchev–Trinajstić information content (AvgIpc) is 2.93. The summed E-state index contributed by atoms with van der Waals surface area (Å²) in [6.07, 6.45) is 0.428. The maximum atomic E-state index is 11.6. The van der Waals surface area contributed by atoms with Crippen LogP contribution in [-0.4, -0.2) is 17.8 Å². The number of anilines is 1. The second kappa shape index (κ2) is 7.52. The molecule has 0 N–H and O–H groups in total. The van der Waals surface area contributed by atoms with Gasteiger partial charge in [0.15, 0.2) is 6.29 Å². The number of nitrogens with zero attached hydrogens (tertiary/aromatic N) is 2. The van der Waals surface area contributed by atoms with E-state index >= 15 is 0 Å². The molecule has 3 aromatic rings. The van der Waals surface area contributed by atoms with Crippen LogP contribution in [0.2, 0.25) is 0 Å². The Morgan fingerprint density at radius 3 is 2.54 bits per heavy atom. The van der Waals surface area contributed by atoms with Crippen LogP contribution < -0.4 is 9.64 Å². The largest absolute Gasteiger partial charge is 0.484 e. The van der Waals surface area contributed by atoms with Crippen LogP contribution in [0.3, 0.4) is 0 Å². The summed E-state index contributed by atoms with van der Waals surface area (Å²) in [5, 5.41) is 11.1. The summed E-state index contributed by atoms with van der Waals surface area (Å²) in [5.41, 5.74) is 2.87. The first kappa shape index (κ1) is 17.7. The topological polar surface area (TPSA) is 72.7 Å². The number of nitro benzene ring substituents is 1. The Balaban J connectivity index is 1.78. The Morgan fingerprint density at radius 1 is 1.04 bits per heavy atom. The molecule has 1 heterocycles. The Morgan fingerprint density at radius 2 is 1.79 bits per heavy atom. The standard InChI is InChI=1S/C22H18N2O4/c25-15-18-12-19(24(26)27)10-11-20(18)23-13-17-8-4-5-9-21(17)28-22(14-23)16-6-2-1-3-7-16/h1-12,15,22H,13-14H2/t22-/m0/s1. The molecule has 0 bridgehead atoms. The number of para-hydroxylation sites is 1. The van der Waals surface area contributed by atoms with Crippen LogP contribution >= 0.6 is 0 Å². The third-order valence-electron chi connectivity index (χ3n) is 4.85. The van der Waals surface area contributed by atoms with Gasteiger partial charge < -0.3 is 9.64 Å². The van der Waals surface area contributed by atoms with Crippen molar-refractivity contribution in [2.24, 2.45) is 0 Å². The van der Waals surface area contributed by atoms with E-state index in [2.05, 4.69) is 0 Å². The first-order valence-corrected chi connectivity index (χ1v) is 8.94. The van der Waals surface area contributed by atoms with E-state index < -0.39 is 4.92 Å². The highest BCUT2D eigenvalue weighted by molar-refractivity contribution is 5.86. The van der Waals surface area contributed by atoms with Gasteiger partial charge in [-0.3, -0.25) is 14.9 Å². The highest BCUT2D eigenvalue weighted by Crippen LogP contribution is 2.35. The minimum Gasteiger partial charge on any atom is -0.484 e. The molecule has 0 amide bonds. The van der Waals surface area contributed by atoms with Gasteiger partial charge in [-0.05, 0) is 17.7 Å². The van der Waals surface area contributed by atoms with Crippen molar-refractivity contribution < 1.29 is 14.5 Å². The Labute approximate surface area is 162 Å². The lowest BCUT2D eigenvalue weighted by atomic mass is 10.1. The van der Waals surface area contributed by atoms with E-state index in [9.17, 15) is 14.9 Å². The van der Waals surface area contributed by atoms with Crippen LogP contribution in [0.4, 0.5) is 11.4 Å². The number of benzene rings is 3. The summed E-state index contributed by atoms with van der Waals surface area (Å²) in [4.78, 5) is 24.3. The van der Waals surface area contributed by atoms with E-state index in [0.717, 1.165) is 16.9 Å². The van der Waals surface area contributed by atoms with Gasteiger partial charge in [-0.25, -0.2) is 0 Å². The lowest BCUT2D eigenvalue weighted by Crippen LogP contribution is -2.28. The van der Waals surface area contributed by atoms with Gasteiger partial charge in [0, 0.05) is 35.5 Å². The molecule has 3 aromatic carbocycles. The number of hydrogen-bond donors (Lipinski definition) is 0. The second-order valence-corrected chi connectivity index (χ2v) is 6.62. The van der Waals surface area contributed by atoms with Gasteiger partial charge in [-0.1, -0.05) is 48.5 Å². The SMILES string of the molecule is O=Cc1cc([N+](=O)[O-])ccc1N1Cc2ccccc2O[C@H](c2ccccc2)C1. The number of fused-ring (bicyclic) bond motifs is 1. The molecule has 0 unspecified atom stereocenters. The normalized spacial score (nSPS) is 15.9. The molecule has 1 aliphatic rings. The van der Waals surface area contributed by atoms with E-state index in [1.54, 1.807) is 6.07 Å². The van der Waals surface area contributed by atoms with Gasteiger partial charge in [0.1, 0.15) is 11.9 Å². The van der Waals surface area contributed by atoms with Gasteiger partial charge in [0.05, 0.1) is 11.5 Å². The number of nitro groups is 1. The quantitative estimate of drug-likeness (QED) is 0.381. The van der Waals surface area contributed by atoms with E-state index in [1.165, 1.54) is 12.1 Å². The first-order valence-electron chi connectivity index (χ1n) is 8.94. The number of hydrogen-bond acceptors (Lipinski definition) is 5. The lowest BCUT2D eigenvalue weighted by Gasteiger charge is -2.27. The van der Waals surface area contributed by atoms with Gasteiger partial charge in [0.25, 0.3) is 5.69 Å². The highest BCUT2D eigenvalue weighted by atomic mass is 16.6. The van der Waals surface area contributed by atoms with Crippen LogP contribution in [0.15, 0.2) is 72.8 Å². The molecule has 6 heteroatoms. The van der Waals surface area contributed by atoms with Crippen molar-refractivity contribution in [1.29, 1.82) is 0 Å². The van der Waals surface area contributed by atoms with Crippen LogP contribution in [0, 0.1) is 10.1 Å². The number of ether oxygens (including phenoxy) is 1. The lowest BCUT2D eigenvalue weighted by molar-refractivity contribution is -0.384. The molecular formula is C22H18N2O4. The monoisotopic (exact) mass is 374 g/mol. The number of carbonyl (C=O) groups excluding carboxylic acids is 1. The van der Waals surface area contributed by atoms with Crippen molar-refractivity contribution in [3.05, 3.63) is 99.6 Å². The molecule has 4 rings (SSSR count). The zero-order valence-electron chi connectivity index (χ0n) is 15.0. The zero-order valence-corrected chi connectivity index (χ0v) is 15.0. The van der Waals surface area contributed by atoms with Crippen molar-refractivity contribution in [3.8, 4) is 5.75 Å². The third kappa shape index (κ3) is 3.44. The molecule has 0 radical (unpaired) electrons. The third-order valence-corrected chi connectivity index (χ3v) is 4.85. The van der Waals surface area contributed by atoms with E-state index in [0.29, 0.717) is 30.6 Å². The molecule has 6 nitrogen and oxygen atoms in total. The Bertz CT molecular complexity index is 1020. The van der Waals surface area contributed by atoms with Gasteiger partial charge in [-0.15, -0.1) is 0 Å². The van der Waals surface area contributed by atoms with Crippen molar-refractivity contribution in [2.75, 3.05) is 11.4 Å². The van der Waals surface area contributed by atoms with Crippen molar-refractivity contribution in [1.82, 2.24) is 0 Å². The molecule has 0 aromatic heterocycles. The van der Waals surface area contributed by atoms with Crippen molar-refractivity contribution >= 4 is 17.7 Å². The number of non-ortho nitro benzene ring substituents is 1. The van der Waals surface area contributed by atoms with Crippen LogP contribution in [0.25, 0.3) is 0 Å². The minimum absolute atomic E-state index is 0.100. The van der Waals surface area contributed by atoms with Crippen molar-refractivity contribution in [3.63, 3.8) is 0 Å². The molecule has 28 heavy (non-hydrogen) atoms. The fraction of sp³-hybridized carbons (Fsp3) is 0.136. The van der Waals surface area contributed by atoms with Crippen molar-refractivity contribution in [2.45, 2.75) is 12.6 Å². The average molecular weight is 374 g/mol. The van der Waals surface area contributed by atoms with E-state index in [-0.39, 0.29) is 11.8 Å². The maximum Gasteiger partial charge on any atom is 0.270 e. The zero-order chi connectivity index (χ0) is 19.5. The summed E-state index contributed by atoms with van der Waals surface area (Å²) in [7, 11) is 0. The van der Waals surface area contributed by atoms with E-state index in [1.807, 2.05) is 59.5 Å². The summed E-state index contributed by atoms with van der Waals surface area (Å²) in [5.74, 6) is 0.799. The molecule has 0 spiro atoms. The molecular weight excluding hydrogens is 356 g/mol. The van der Waals surface area contributed by atoms with Gasteiger partial charge in [0.2, 0.25) is 0 Å². The molecule has 0 saturated carbocycles. The Hall–Kier alpha value is -3.67. The van der Waals surface area contributed by atoms with Crippen LogP contribution in [-0.2, 0) is 6.54 Å². The minimum atomic E-state index is -0.496. The first-order chi connectivity index (χ1) is 13.7. The van der Waals surface area contributed by atoms with E-state index in [4.69, 9.17) is 4.74 Å². The Kier molecular flexibility index (Phi) is 4.76. The summed E-state index contributed by atoms with van der Waals surface area (Å²) in [6.45, 7) is 1.05. The predicted molar refractivity (Wildman–Crippen MR) is 106 cm³/mol. The molecule has 0 fully saturated rings. The number of rotatable bonds is 4. The smallest absolute Gasteiger partial charge is 0.270 e. The molecule has 1 atom stereocenters.